The van der Waals surface area contributed by atoms with Gasteiger partial charge in [-0.25, -0.2) is 0 Å². The van der Waals surface area contributed by atoms with Crippen molar-refractivity contribution in [3.8, 4) is 5.75 Å². The Labute approximate surface area is 197 Å². The number of carbonyl (C=O) groups is 2. The van der Waals surface area contributed by atoms with Gasteiger partial charge in [-0.1, -0.05) is 39.0 Å². The van der Waals surface area contributed by atoms with Crippen molar-refractivity contribution in [2.75, 3.05) is 17.2 Å². The van der Waals surface area contributed by atoms with Gasteiger partial charge in [-0.05, 0) is 87.9 Å². The number of ether oxygens (including phenoxy) is 1. The van der Waals surface area contributed by atoms with Crippen LogP contribution in [0.15, 0.2) is 71.2 Å². The van der Waals surface area contributed by atoms with Crippen LogP contribution in [0, 0.1) is 6.92 Å². The molecule has 0 aliphatic heterocycles. The first kappa shape index (κ1) is 23.5. The number of hydrogen-bond acceptors (Lipinski definition) is 3. The highest BCUT2D eigenvalue weighted by Crippen LogP contribution is 2.26. The molecule has 0 aliphatic rings. The van der Waals surface area contributed by atoms with Crippen LogP contribution in [0.5, 0.6) is 5.75 Å². The van der Waals surface area contributed by atoms with E-state index in [4.69, 9.17) is 4.74 Å². The lowest BCUT2D eigenvalue weighted by molar-refractivity contribution is -0.118. The molecule has 3 aromatic carbocycles. The van der Waals surface area contributed by atoms with Crippen LogP contribution in [0.2, 0.25) is 0 Å². The largest absolute Gasteiger partial charge is 0.483 e. The molecule has 0 saturated heterocycles. The van der Waals surface area contributed by atoms with Gasteiger partial charge in [0.15, 0.2) is 6.61 Å². The van der Waals surface area contributed by atoms with Crippen LogP contribution in [0.4, 0.5) is 11.4 Å². The lowest BCUT2D eigenvalue weighted by Gasteiger charge is -2.19. The quantitative estimate of drug-likeness (QED) is 0.420. The van der Waals surface area contributed by atoms with E-state index in [1.54, 1.807) is 24.3 Å². The minimum Gasteiger partial charge on any atom is -0.483 e. The van der Waals surface area contributed by atoms with E-state index in [2.05, 4.69) is 47.3 Å². The zero-order valence-corrected chi connectivity index (χ0v) is 20.2. The Balaban J connectivity index is 1.53. The Bertz CT molecular complexity index is 1100. The third-order valence-corrected chi connectivity index (χ3v) is 5.51. The van der Waals surface area contributed by atoms with Crippen molar-refractivity contribution in [1.82, 2.24) is 0 Å². The van der Waals surface area contributed by atoms with Crippen LogP contribution in [0.1, 0.15) is 42.3 Å². The maximum Gasteiger partial charge on any atom is 0.262 e. The van der Waals surface area contributed by atoms with Crippen molar-refractivity contribution in [1.29, 1.82) is 0 Å². The average Bonchev–Trinajstić information content (AvgIpc) is 2.74. The first-order chi connectivity index (χ1) is 15.1. The number of benzene rings is 3. The van der Waals surface area contributed by atoms with E-state index in [1.807, 2.05) is 49.4 Å². The summed E-state index contributed by atoms with van der Waals surface area (Å²) in [6, 6.07) is 20.2. The summed E-state index contributed by atoms with van der Waals surface area (Å²) in [4.78, 5) is 24.7. The molecule has 0 radical (unpaired) electrons. The van der Waals surface area contributed by atoms with Gasteiger partial charge in [-0.2, -0.15) is 0 Å². The van der Waals surface area contributed by atoms with Gasteiger partial charge in [0.1, 0.15) is 5.75 Å². The fraction of sp³-hybridized carbons (Fsp3) is 0.231. The normalized spacial score (nSPS) is 11.0. The van der Waals surface area contributed by atoms with Crippen LogP contribution < -0.4 is 15.4 Å². The zero-order chi connectivity index (χ0) is 23.3. The van der Waals surface area contributed by atoms with E-state index in [-0.39, 0.29) is 23.8 Å². The predicted octanol–water partition coefficient (Wildman–Crippen LogP) is 6.32. The van der Waals surface area contributed by atoms with Crippen LogP contribution in [-0.4, -0.2) is 18.4 Å². The summed E-state index contributed by atoms with van der Waals surface area (Å²) in [5.41, 5.74) is 4.17. The Morgan fingerprint density at radius 2 is 1.47 bits per heavy atom. The molecular formula is C26H27BrN2O3. The number of anilines is 2. The summed E-state index contributed by atoms with van der Waals surface area (Å²) in [7, 11) is 0. The maximum absolute atomic E-state index is 12.5. The number of hydrogen-bond donors (Lipinski definition) is 2. The average molecular weight is 495 g/mol. The van der Waals surface area contributed by atoms with E-state index in [0.717, 1.165) is 10.0 Å². The number of rotatable bonds is 6. The second kappa shape index (κ2) is 10.0. The minimum absolute atomic E-state index is 0.0386. The van der Waals surface area contributed by atoms with Gasteiger partial charge in [0, 0.05) is 16.9 Å². The Morgan fingerprint density at radius 1 is 0.875 bits per heavy atom. The SMILES string of the molecule is Cc1ccc(OCC(=O)Nc2ccc(NC(=O)c3ccc(C(C)(C)C)cc3)cc2)c(Br)c1. The zero-order valence-electron chi connectivity index (χ0n) is 18.7. The molecule has 0 aliphatic carbocycles. The van der Waals surface area contributed by atoms with Crippen molar-refractivity contribution in [3.05, 3.63) is 87.9 Å². The first-order valence-corrected chi connectivity index (χ1v) is 11.1. The first-order valence-electron chi connectivity index (χ1n) is 10.3. The van der Waals surface area contributed by atoms with Crippen molar-refractivity contribution in [3.63, 3.8) is 0 Å². The summed E-state index contributed by atoms with van der Waals surface area (Å²) in [5, 5.41) is 5.66. The van der Waals surface area contributed by atoms with E-state index in [9.17, 15) is 9.59 Å². The van der Waals surface area contributed by atoms with Gasteiger partial charge in [0.2, 0.25) is 0 Å². The van der Waals surface area contributed by atoms with Gasteiger partial charge in [0.25, 0.3) is 11.8 Å². The molecule has 166 valence electrons. The molecule has 2 amide bonds. The lowest BCUT2D eigenvalue weighted by atomic mass is 9.87. The number of aryl methyl sites for hydroxylation is 1. The molecule has 5 nitrogen and oxygen atoms in total. The van der Waals surface area contributed by atoms with Gasteiger partial charge in [-0.3, -0.25) is 9.59 Å². The molecule has 3 aromatic rings. The fourth-order valence-corrected chi connectivity index (χ4v) is 3.63. The second-order valence-electron chi connectivity index (χ2n) is 8.63. The van der Waals surface area contributed by atoms with Crippen molar-refractivity contribution >= 4 is 39.1 Å². The molecule has 0 spiro atoms. The molecule has 0 fully saturated rings. The third-order valence-electron chi connectivity index (χ3n) is 4.89. The third kappa shape index (κ3) is 6.44. The molecule has 0 saturated carbocycles. The Hall–Kier alpha value is -3.12. The van der Waals surface area contributed by atoms with Crippen molar-refractivity contribution in [2.45, 2.75) is 33.1 Å². The van der Waals surface area contributed by atoms with Crippen LogP contribution >= 0.6 is 15.9 Å². The number of nitrogens with one attached hydrogen (secondary N) is 2. The Morgan fingerprint density at radius 3 is 2.03 bits per heavy atom. The number of halogens is 1. The molecule has 0 heterocycles. The highest BCUT2D eigenvalue weighted by atomic mass is 79.9. The topological polar surface area (TPSA) is 67.4 Å². The molecular weight excluding hydrogens is 468 g/mol. The second-order valence-corrected chi connectivity index (χ2v) is 9.48. The van der Waals surface area contributed by atoms with E-state index in [0.29, 0.717) is 22.7 Å². The van der Waals surface area contributed by atoms with Crippen LogP contribution in [0.3, 0.4) is 0 Å². The smallest absolute Gasteiger partial charge is 0.262 e. The molecule has 0 unspecified atom stereocenters. The molecule has 0 bridgehead atoms. The van der Waals surface area contributed by atoms with Gasteiger partial charge in [0.05, 0.1) is 4.47 Å². The number of amides is 2. The standard InChI is InChI=1S/C26H27BrN2O3/c1-17-5-14-23(22(27)15-17)32-16-24(30)28-20-10-12-21(13-11-20)29-25(31)18-6-8-19(9-7-18)26(2,3)4/h5-15H,16H2,1-4H3,(H,28,30)(H,29,31). The molecule has 2 N–H and O–H groups in total. The predicted molar refractivity (Wildman–Crippen MR) is 133 cm³/mol. The van der Waals surface area contributed by atoms with Crippen LogP contribution in [0.25, 0.3) is 0 Å². The summed E-state index contributed by atoms with van der Waals surface area (Å²) in [5.74, 6) is 0.159. The monoisotopic (exact) mass is 494 g/mol. The van der Waals surface area contributed by atoms with E-state index >= 15 is 0 Å². The van der Waals surface area contributed by atoms with Crippen molar-refractivity contribution < 1.29 is 14.3 Å². The Kier molecular flexibility index (Phi) is 7.36. The fourth-order valence-electron chi connectivity index (χ4n) is 3.03. The lowest BCUT2D eigenvalue weighted by Crippen LogP contribution is -2.20. The molecule has 6 heteroatoms. The minimum atomic E-state index is -0.270. The molecule has 32 heavy (non-hydrogen) atoms. The highest BCUT2D eigenvalue weighted by Gasteiger charge is 2.14. The maximum atomic E-state index is 12.5. The molecule has 3 rings (SSSR count). The summed E-state index contributed by atoms with van der Waals surface area (Å²) in [6.07, 6.45) is 0. The van der Waals surface area contributed by atoms with Gasteiger partial charge in [-0.15, -0.1) is 0 Å². The van der Waals surface area contributed by atoms with E-state index in [1.165, 1.54) is 5.56 Å². The highest BCUT2D eigenvalue weighted by molar-refractivity contribution is 9.10. The van der Waals surface area contributed by atoms with Crippen molar-refractivity contribution in [2.24, 2.45) is 0 Å². The number of carbonyl (C=O) groups excluding carboxylic acids is 2. The van der Waals surface area contributed by atoms with Gasteiger partial charge >= 0.3 is 0 Å². The molecule has 0 atom stereocenters. The summed E-state index contributed by atoms with van der Waals surface area (Å²) >= 11 is 3.43. The van der Waals surface area contributed by atoms with Crippen LogP contribution in [-0.2, 0) is 10.2 Å². The summed E-state index contributed by atoms with van der Waals surface area (Å²) < 4.78 is 6.37. The van der Waals surface area contributed by atoms with E-state index < -0.39 is 0 Å². The molecule has 0 aromatic heterocycles. The van der Waals surface area contributed by atoms with Gasteiger partial charge < -0.3 is 15.4 Å². The summed E-state index contributed by atoms with van der Waals surface area (Å²) in [6.45, 7) is 8.28.